The average molecular weight is 177 g/mol. The van der Waals surface area contributed by atoms with E-state index in [2.05, 4.69) is 10.9 Å². The predicted octanol–water partition coefficient (Wildman–Crippen LogP) is 0.893. The summed E-state index contributed by atoms with van der Waals surface area (Å²) in [5.74, 6) is 0. The number of hydrogen-bond donors (Lipinski definition) is 2. The molecule has 0 atom stereocenters. The molecule has 63 valence electrons. The maximum absolute atomic E-state index is 5.55. The van der Waals surface area contributed by atoms with Gasteiger partial charge in [-0.3, -0.25) is 5.43 Å². The molecule has 0 saturated heterocycles. The van der Waals surface area contributed by atoms with Gasteiger partial charge in [0.25, 0.3) is 0 Å². The Hall–Kier alpha value is -0.290. The van der Waals surface area contributed by atoms with Crippen molar-refractivity contribution < 1.29 is 4.74 Å². The third kappa shape index (κ3) is 3.07. The minimum absolute atomic E-state index is 0.144. The lowest BCUT2D eigenvalue weighted by Crippen LogP contribution is -2.44. The van der Waals surface area contributed by atoms with Gasteiger partial charge in [-0.1, -0.05) is 4.64 Å². The molecule has 1 radical (unpaired) electrons. The molecule has 2 N–H and O–H groups in total. The Labute approximate surface area is 71.2 Å². The highest BCUT2D eigenvalue weighted by Crippen LogP contribution is 2.08. The summed E-state index contributed by atoms with van der Waals surface area (Å²) in [6.07, 6.45) is 4.22. The summed E-state index contributed by atoms with van der Waals surface area (Å²) in [4.78, 5) is 0. The van der Waals surface area contributed by atoms with Crippen LogP contribution in [0.1, 0.15) is 13.8 Å². The van der Waals surface area contributed by atoms with Crippen LogP contribution in [-0.2, 0) is 4.74 Å². The van der Waals surface area contributed by atoms with Crippen LogP contribution in [0.4, 0.5) is 0 Å². The molecule has 0 saturated carbocycles. The van der Waals surface area contributed by atoms with Crippen LogP contribution in [0.3, 0.4) is 0 Å². The van der Waals surface area contributed by atoms with Crippen LogP contribution in [0.25, 0.3) is 0 Å². The van der Waals surface area contributed by atoms with Gasteiger partial charge in [0.2, 0.25) is 6.23 Å². The molecule has 1 aliphatic rings. The van der Waals surface area contributed by atoms with Crippen molar-refractivity contribution in [3.05, 3.63) is 18.5 Å². The van der Waals surface area contributed by atoms with E-state index in [9.17, 15) is 0 Å². The number of hydrogen-bond acceptors (Lipinski definition) is 4. The minimum atomic E-state index is 0.144. The zero-order valence-corrected chi connectivity index (χ0v) is 7.22. The quantitative estimate of drug-likeness (QED) is 0.613. The van der Waals surface area contributed by atoms with E-state index in [1.54, 1.807) is 12.3 Å². The van der Waals surface area contributed by atoms with Crippen LogP contribution >= 0.6 is 11.8 Å². The summed E-state index contributed by atoms with van der Waals surface area (Å²) >= 11 is 5.55. The van der Waals surface area contributed by atoms with Crippen molar-refractivity contribution in [2.24, 2.45) is 0 Å². The second kappa shape index (κ2) is 3.92. The van der Waals surface area contributed by atoms with Gasteiger partial charge in [0, 0.05) is 18.0 Å². The Balaban J connectivity index is 2.34. The summed E-state index contributed by atoms with van der Waals surface area (Å²) in [5.41, 5.74) is 5.43. The maximum atomic E-state index is 5.55. The molecule has 4 nitrogen and oxygen atoms in total. The highest BCUT2D eigenvalue weighted by Gasteiger charge is 2.14. The Morgan fingerprint density at radius 1 is 1.64 bits per heavy atom. The third-order valence-electron chi connectivity index (χ3n) is 0.994. The number of nitrogens with one attached hydrogen (secondary N) is 2. The average Bonchev–Trinajstić information content (AvgIpc) is 1.85. The van der Waals surface area contributed by atoms with Crippen LogP contribution in [0, 0.1) is 6.23 Å². The van der Waals surface area contributed by atoms with Crippen molar-refractivity contribution >= 4 is 11.8 Å². The normalized spacial score (nSPS) is 20.7. The summed E-state index contributed by atoms with van der Waals surface area (Å²) in [5, 5.41) is 0. The molecule has 0 unspecified atom stereocenters. The first kappa shape index (κ1) is 8.80. The first-order chi connectivity index (χ1) is 5.18. The SMILES string of the molecule is CC(C)O[C]1C=CNN(Cl)N1. The van der Waals surface area contributed by atoms with E-state index in [-0.39, 0.29) is 6.10 Å². The minimum Gasteiger partial charge on any atom is -0.348 e. The molecule has 1 aliphatic heterocycles. The van der Waals surface area contributed by atoms with E-state index in [0.717, 1.165) is 0 Å². The van der Waals surface area contributed by atoms with Gasteiger partial charge in [-0.15, -0.1) is 0 Å². The van der Waals surface area contributed by atoms with Crippen LogP contribution in [0.5, 0.6) is 0 Å². The van der Waals surface area contributed by atoms with Gasteiger partial charge in [-0.2, -0.15) is 5.43 Å². The van der Waals surface area contributed by atoms with E-state index in [0.29, 0.717) is 6.23 Å². The molecule has 0 amide bonds. The lowest BCUT2D eigenvalue weighted by molar-refractivity contribution is 0.0496. The molecule has 0 aromatic rings. The fourth-order valence-corrected chi connectivity index (χ4v) is 0.804. The highest BCUT2D eigenvalue weighted by atomic mass is 35.5. The highest BCUT2D eigenvalue weighted by molar-refractivity contribution is 6.12. The van der Waals surface area contributed by atoms with E-state index in [1.165, 1.54) is 4.64 Å². The molecular weight excluding hydrogens is 166 g/mol. The summed E-state index contributed by atoms with van der Waals surface area (Å²) in [6.45, 7) is 3.90. The van der Waals surface area contributed by atoms with Crippen molar-refractivity contribution in [1.29, 1.82) is 0 Å². The standard InChI is InChI=1S/C6H11ClN3O/c1-5(2)11-6-3-4-8-10(7)9-6/h3-5,8-9H,1-2H3. The number of hydrazine groups is 2. The summed E-state index contributed by atoms with van der Waals surface area (Å²) in [6, 6.07) is 0. The largest absolute Gasteiger partial charge is 0.348 e. The van der Waals surface area contributed by atoms with Gasteiger partial charge in [0.05, 0.1) is 6.10 Å². The van der Waals surface area contributed by atoms with Crippen LogP contribution in [-0.4, -0.2) is 10.7 Å². The summed E-state index contributed by atoms with van der Waals surface area (Å²) < 4.78 is 6.51. The number of ether oxygens (including phenoxy) is 1. The van der Waals surface area contributed by atoms with Gasteiger partial charge < -0.3 is 4.74 Å². The molecule has 1 heterocycles. The molecule has 0 spiro atoms. The second-order valence-corrected chi connectivity index (χ2v) is 2.72. The van der Waals surface area contributed by atoms with Gasteiger partial charge in [-0.05, 0) is 19.9 Å². The Morgan fingerprint density at radius 3 is 2.91 bits per heavy atom. The van der Waals surface area contributed by atoms with Gasteiger partial charge in [0.15, 0.2) is 0 Å². The van der Waals surface area contributed by atoms with Gasteiger partial charge in [-0.25, -0.2) is 0 Å². The Kier molecular flexibility index (Phi) is 3.14. The smallest absolute Gasteiger partial charge is 0.203 e. The van der Waals surface area contributed by atoms with E-state index >= 15 is 0 Å². The zero-order valence-electron chi connectivity index (χ0n) is 6.47. The summed E-state index contributed by atoms with van der Waals surface area (Å²) in [7, 11) is 0. The topological polar surface area (TPSA) is 36.5 Å². The van der Waals surface area contributed by atoms with E-state index < -0.39 is 0 Å². The van der Waals surface area contributed by atoms with Crippen LogP contribution < -0.4 is 10.9 Å². The third-order valence-corrected chi connectivity index (χ3v) is 1.18. The molecule has 11 heavy (non-hydrogen) atoms. The fourth-order valence-electron chi connectivity index (χ4n) is 0.664. The number of halogens is 1. The number of rotatable bonds is 2. The van der Waals surface area contributed by atoms with Crippen LogP contribution in [0.2, 0.25) is 0 Å². The molecule has 1 rings (SSSR count). The maximum Gasteiger partial charge on any atom is 0.203 e. The van der Waals surface area contributed by atoms with E-state index in [4.69, 9.17) is 16.5 Å². The van der Waals surface area contributed by atoms with Gasteiger partial charge in [0.1, 0.15) is 0 Å². The first-order valence-electron chi connectivity index (χ1n) is 3.37. The molecular formula is C6H11ClN3O. The van der Waals surface area contributed by atoms with Crippen molar-refractivity contribution in [3.8, 4) is 0 Å². The van der Waals surface area contributed by atoms with E-state index in [1.807, 2.05) is 13.8 Å². The molecule has 0 fully saturated rings. The lowest BCUT2D eigenvalue weighted by atomic mass is 10.4. The van der Waals surface area contributed by atoms with Gasteiger partial charge >= 0.3 is 0 Å². The molecule has 0 aromatic carbocycles. The molecule has 0 aliphatic carbocycles. The zero-order chi connectivity index (χ0) is 8.27. The van der Waals surface area contributed by atoms with Crippen molar-refractivity contribution in [1.82, 2.24) is 15.5 Å². The Morgan fingerprint density at radius 2 is 2.36 bits per heavy atom. The lowest BCUT2D eigenvalue weighted by Gasteiger charge is -2.25. The van der Waals surface area contributed by atoms with Crippen LogP contribution in [0.15, 0.2) is 12.3 Å². The fraction of sp³-hybridized carbons (Fsp3) is 0.500. The van der Waals surface area contributed by atoms with Crippen molar-refractivity contribution in [2.45, 2.75) is 20.0 Å². The molecule has 0 bridgehead atoms. The second-order valence-electron chi connectivity index (χ2n) is 2.39. The van der Waals surface area contributed by atoms with Crippen molar-refractivity contribution in [2.75, 3.05) is 0 Å². The molecule has 5 heteroatoms. The van der Waals surface area contributed by atoms with Crippen molar-refractivity contribution in [3.63, 3.8) is 0 Å². The molecule has 0 aromatic heterocycles. The Bertz CT molecular complexity index is 151. The predicted molar refractivity (Wildman–Crippen MR) is 42.6 cm³/mol. The monoisotopic (exact) mass is 176 g/mol. The first-order valence-corrected chi connectivity index (χ1v) is 3.71. The number of nitrogens with zero attached hydrogens (tertiary/aromatic N) is 1.